The van der Waals surface area contributed by atoms with Crippen molar-refractivity contribution in [2.75, 3.05) is 0 Å². The highest BCUT2D eigenvalue weighted by atomic mass is 16.5. The molecule has 2 aromatic rings. The number of benzene rings is 1. The number of hydrogen-bond donors (Lipinski definition) is 1. The highest BCUT2D eigenvalue weighted by molar-refractivity contribution is 5.27. The maximum absolute atomic E-state index is 5.51. The lowest BCUT2D eigenvalue weighted by Crippen LogP contribution is -1.98. The van der Waals surface area contributed by atoms with Gasteiger partial charge in [0, 0.05) is 13.0 Å². The molecular weight excluding hydrogens is 218 g/mol. The van der Waals surface area contributed by atoms with Crippen molar-refractivity contribution in [3.63, 3.8) is 0 Å². The van der Waals surface area contributed by atoms with Crippen LogP contribution in [0.15, 0.2) is 28.7 Å². The third kappa shape index (κ3) is 3.04. The third-order valence-electron chi connectivity index (χ3n) is 2.33. The van der Waals surface area contributed by atoms with E-state index < -0.39 is 0 Å². The smallest absolute Gasteiger partial charge is 0.253 e. The maximum Gasteiger partial charge on any atom is 0.253 e. The van der Waals surface area contributed by atoms with Crippen molar-refractivity contribution < 1.29 is 9.15 Å². The first-order valence-electron chi connectivity index (χ1n) is 5.55. The number of hydrogen-bond acceptors (Lipinski definition) is 5. The van der Waals surface area contributed by atoms with Gasteiger partial charge in [0.1, 0.15) is 5.75 Å². The summed E-state index contributed by atoms with van der Waals surface area (Å²) in [5, 5.41) is 7.74. The SMILES string of the molecule is CCc1nnc(COc2ccc(CN)cc2)o1. The topological polar surface area (TPSA) is 74.2 Å². The van der Waals surface area contributed by atoms with E-state index in [-0.39, 0.29) is 6.61 Å². The van der Waals surface area contributed by atoms with Gasteiger partial charge in [-0.2, -0.15) is 0 Å². The fourth-order valence-corrected chi connectivity index (χ4v) is 1.36. The summed E-state index contributed by atoms with van der Waals surface area (Å²) in [6, 6.07) is 7.61. The number of ether oxygens (including phenoxy) is 1. The van der Waals surface area contributed by atoms with Crippen LogP contribution in [0.1, 0.15) is 24.3 Å². The van der Waals surface area contributed by atoms with Crippen molar-refractivity contribution in [1.29, 1.82) is 0 Å². The van der Waals surface area contributed by atoms with Gasteiger partial charge in [0.15, 0.2) is 6.61 Å². The predicted molar refractivity (Wildman–Crippen MR) is 62.3 cm³/mol. The summed E-state index contributed by atoms with van der Waals surface area (Å²) in [5.74, 6) is 1.88. The number of aryl methyl sites for hydroxylation is 1. The Morgan fingerprint density at radius 2 is 1.88 bits per heavy atom. The quantitative estimate of drug-likeness (QED) is 0.850. The van der Waals surface area contributed by atoms with E-state index in [0.29, 0.717) is 18.3 Å². The molecule has 2 rings (SSSR count). The molecule has 0 amide bonds. The number of nitrogens with two attached hydrogens (primary N) is 1. The molecule has 0 unspecified atom stereocenters. The molecule has 0 aliphatic rings. The Morgan fingerprint density at radius 1 is 1.18 bits per heavy atom. The zero-order valence-electron chi connectivity index (χ0n) is 9.72. The molecule has 0 bridgehead atoms. The van der Waals surface area contributed by atoms with E-state index in [0.717, 1.165) is 17.7 Å². The summed E-state index contributed by atoms with van der Waals surface area (Å²) in [6.45, 7) is 2.78. The molecule has 0 aliphatic carbocycles. The number of rotatable bonds is 5. The molecule has 90 valence electrons. The number of aromatic nitrogens is 2. The van der Waals surface area contributed by atoms with Crippen molar-refractivity contribution in [2.24, 2.45) is 5.73 Å². The van der Waals surface area contributed by atoms with E-state index in [1.807, 2.05) is 31.2 Å². The van der Waals surface area contributed by atoms with E-state index in [9.17, 15) is 0 Å². The average molecular weight is 233 g/mol. The summed E-state index contributed by atoms with van der Waals surface area (Å²) in [6.07, 6.45) is 0.734. The van der Waals surface area contributed by atoms with Crippen LogP contribution in [-0.4, -0.2) is 10.2 Å². The van der Waals surface area contributed by atoms with Gasteiger partial charge in [-0.25, -0.2) is 0 Å². The molecule has 0 aliphatic heterocycles. The monoisotopic (exact) mass is 233 g/mol. The van der Waals surface area contributed by atoms with E-state index in [2.05, 4.69) is 10.2 Å². The second kappa shape index (κ2) is 5.45. The van der Waals surface area contributed by atoms with E-state index in [1.165, 1.54) is 0 Å². The van der Waals surface area contributed by atoms with Crippen molar-refractivity contribution in [3.05, 3.63) is 41.6 Å². The van der Waals surface area contributed by atoms with Crippen LogP contribution in [0.3, 0.4) is 0 Å². The van der Waals surface area contributed by atoms with Gasteiger partial charge in [-0.15, -0.1) is 10.2 Å². The molecule has 17 heavy (non-hydrogen) atoms. The lowest BCUT2D eigenvalue weighted by atomic mass is 10.2. The van der Waals surface area contributed by atoms with Crippen molar-refractivity contribution in [2.45, 2.75) is 26.5 Å². The average Bonchev–Trinajstić information content (AvgIpc) is 2.85. The molecular formula is C12H15N3O2. The summed E-state index contributed by atoms with van der Waals surface area (Å²) in [5.41, 5.74) is 6.58. The highest BCUT2D eigenvalue weighted by Gasteiger charge is 2.04. The Kier molecular flexibility index (Phi) is 3.72. The Labute approximate surface area is 99.6 Å². The van der Waals surface area contributed by atoms with Crippen LogP contribution in [0.2, 0.25) is 0 Å². The standard InChI is InChI=1S/C12H15N3O2/c1-2-11-14-15-12(17-11)8-16-10-5-3-9(7-13)4-6-10/h3-6H,2,7-8,13H2,1H3. The molecule has 0 saturated heterocycles. The summed E-state index contributed by atoms with van der Waals surface area (Å²) >= 11 is 0. The highest BCUT2D eigenvalue weighted by Crippen LogP contribution is 2.13. The second-order valence-corrected chi connectivity index (χ2v) is 3.58. The van der Waals surface area contributed by atoms with Gasteiger partial charge in [0.25, 0.3) is 5.89 Å². The molecule has 5 nitrogen and oxygen atoms in total. The van der Waals surface area contributed by atoms with Gasteiger partial charge in [-0.3, -0.25) is 0 Å². The van der Waals surface area contributed by atoms with Gasteiger partial charge in [0.05, 0.1) is 0 Å². The fourth-order valence-electron chi connectivity index (χ4n) is 1.36. The third-order valence-corrected chi connectivity index (χ3v) is 2.33. The zero-order valence-corrected chi connectivity index (χ0v) is 9.72. The molecule has 0 radical (unpaired) electrons. The minimum absolute atomic E-state index is 0.287. The molecule has 0 atom stereocenters. The first kappa shape index (κ1) is 11.6. The normalized spacial score (nSPS) is 10.5. The molecule has 1 aromatic carbocycles. The van der Waals surface area contributed by atoms with Crippen molar-refractivity contribution in [1.82, 2.24) is 10.2 Å². The van der Waals surface area contributed by atoms with Crippen LogP contribution in [0.5, 0.6) is 5.75 Å². The summed E-state index contributed by atoms with van der Waals surface area (Å²) < 4.78 is 10.8. The Bertz CT molecular complexity index is 465. The van der Waals surface area contributed by atoms with Gasteiger partial charge >= 0.3 is 0 Å². The lowest BCUT2D eigenvalue weighted by molar-refractivity contribution is 0.259. The molecule has 0 spiro atoms. The minimum atomic E-state index is 0.287. The van der Waals surface area contributed by atoms with Crippen LogP contribution in [-0.2, 0) is 19.6 Å². The molecule has 0 saturated carbocycles. The van der Waals surface area contributed by atoms with Gasteiger partial charge < -0.3 is 14.9 Å². The largest absolute Gasteiger partial charge is 0.484 e. The van der Waals surface area contributed by atoms with Crippen LogP contribution < -0.4 is 10.5 Å². The van der Waals surface area contributed by atoms with Gasteiger partial charge in [0.2, 0.25) is 5.89 Å². The molecule has 5 heteroatoms. The van der Waals surface area contributed by atoms with Gasteiger partial charge in [-0.1, -0.05) is 19.1 Å². The minimum Gasteiger partial charge on any atom is -0.484 e. The Morgan fingerprint density at radius 3 is 2.47 bits per heavy atom. The lowest BCUT2D eigenvalue weighted by Gasteiger charge is -2.03. The van der Waals surface area contributed by atoms with Crippen LogP contribution in [0, 0.1) is 0 Å². The molecule has 1 aromatic heterocycles. The molecule has 0 fully saturated rings. The summed E-state index contributed by atoms with van der Waals surface area (Å²) in [4.78, 5) is 0. The van der Waals surface area contributed by atoms with Crippen LogP contribution >= 0.6 is 0 Å². The van der Waals surface area contributed by atoms with E-state index in [4.69, 9.17) is 14.9 Å². The number of nitrogens with zero attached hydrogens (tertiary/aromatic N) is 2. The fraction of sp³-hybridized carbons (Fsp3) is 0.333. The molecule has 2 N–H and O–H groups in total. The first-order valence-corrected chi connectivity index (χ1v) is 5.55. The van der Waals surface area contributed by atoms with Crippen LogP contribution in [0.25, 0.3) is 0 Å². The Hall–Kier alpha value is -1.88. The predicted octanol–water partition coefficient (Wildman–Crippen LogP) is 1.67. The van der Waals surface area contributed by atoms with Crippen molar-refractivity contribution in [3.8, 4) is 5.75 Å². The van der Waals surface area contributed by atoms with Gasteiger partial charge in [-0.05, 0) is 17.7 Å². The van der Waals surface area contributed by atoms with Crippen LogP contribution in [0.4, 0.5) is 0 Å². The second-order valence-electron chi connectivity index (χ2n) is 3.58. The maximum atomic E-state index is 5.51. The first-order chi connectivity index (χ1) is 8.31. The zero-order chi connectivity index (χ0) is 12.1. The van der Waals surface area contributed by atoms with E-state index in [1.54, 1.807) is 0 Å². The molecule has 1 heterocycles. The summed E-state index contributed by atoms with van der Waals surface area (Å²) in [7, 11) is 0. The van der Waals surface area contributed by atoms with E-state index >= 15 is 0 Å². The Balaban J connectivity index is 1.92. The van der Waals surface area contributed by atoms with Crippen molar-refractivity contribution >= 4 is 0 Å².